The maximum atomic E-state index is 12.7. The second-order valence-electron chi connectivity index (χ2n) is 5.43. The van der Waals surface area contributed by atoms with Crippen LogP contribution in [0.25, 0.3) is 0 Å². The van der Waals surface area contributed by atoms with Gasteiger partial charge in [-0.1, -0.05) is 35.3 Å². The number of anilines is 1. The lowest BCUT2D eigenvalue weighted by Gasteiger charge is -2.13. The number of sulfonamides is 1. The maximum Gasteiger partial charge on any atom is 0.262 e. The SMILES string of the molecule is COCCNC(=O)c1cc(S(=O)(=O)Nc2c(Cl)cccc2Cl)ccc1C. The number of methoxy groups -OCH3 is 1. The molecule has 2 N–H and O–H groups in total. The number of carbonyl (C=O) groups excluding carboxylic acids is 1. The van der Waals surface area contributed by atoms with E-state index < -0.39 is 10.0 Å². The number of aryl methyl sites for hydroxylation is 1. The van der Waals surface area contributed by atoms with Crippen LogP contribution in [0.15, 0.2) is 41.3 Å². The number of ether oxygens (including phenoxy) is 1. The van der Waals surface area contributed by atoms with E-state index in [1.165, 1.54) is 31.4 Å². The standard InChI is InChI=1S/C17H18Cl2N2O4S/c1-11-6-7-12(10-13(11)17(22)20-8-9-25-2)26(23,24)21-16-14(18)4-3-5-15(16)19/h3-7,10,21H,8-9H2,1-2H3,(H,20,22). The smallest absolute Gasteiger partial charge is 0.262 e. The lowest BCUT2D eigenvalue weighted by atomic mass is 10.1. The van der Waals surface area contributed by atoms with Crippen LogP contribution in [0, 0.1) is 6.92 Å². The highest BCUT2D eigenvalue weighted by Gasteiger charge is 2.20. The van der Waals surface area contributed by atoms with Gasteiger partial charge < -0.3 is 10.1 Å². The molecule has 0 aliphatic rings. The summed E-state index contributed by atoms with van der Waals surface area (Å²) in [5.41, 5.74) is 0.992. The average molecular weight is 417 g/mol. The van der Waals surface area contributed by atoms with Crippen molar-refractivity contribution in [2.75, 3.05) is 25.0 Å². The van der Waals surface area contributed by atoms with E-state index in [1.807, 2.05) is 0 Å². The first kappa shape index (κ1) is 20.5. The van der Waals surface area contributed by atoms with Gasteiger partial charge in [-0.25, -0.2) is 8.42 Å². The molecule has 0 radical (unpaired) electrons. The van der Waals surface area contributed by atoms with E-state index in [9.17, 15) is 13.2 Å². The van der Waals surface area contributed by atoms with Gasteiger partial charge in [0.05, 0.1) is 27.2 Å². The molecule has 0 saturated heterocycles. The molecule has 0 spiro atoms. The molecule has 0 aromatic heterocycles. The number of carbonyl (C=O) groups is 1. The fraction of sp³-hybridized carbons (Fsp3) is 0.235. The van der Waals surface area contributed by atoms with Crippen molar-refractivity contribution in [2.24, 2.45) is 0 Å². The third-order valence-electron chi connectivity index (χ3n) is 3.55. The van der Waals surface area contributed by atoms with Crippen LogP contribution in [-0.2, 0) is 14.8 Å². The van der Waals surface area contributed by atoms with Crippen LogP contribution in [0.4, 0.5) is 5.69 Å². The Morgan fingerprint density at radius 3 is 2.42 bits per heavy atom. The van der Waals surface area contributed by atoms with Crippen LogP contribution >= 0.6 is 23.2 Å². The minimum atomic E-state index is -3.98. The molecular weight excluding hydrogens is 399 g/mol. The van der Waals surface area contributed by atoms with Crippen molar-refractivity contribution in [3.05, 3.63) is 57.6 Å². The molecule has 0 atom stereocenters. The number of hydrogen-bond acceptors (Lipinski definition) is 4. The fourth-order valence-electron chi connectivity index (χ4n) is 2.16. The first-order chi connectivity index (χ1) is 12.3. The molecule has 6 nitrogen and oxygen atoms in total. The predicted octanol–water partition coefficient (Wildman–Crippen LogP) is 3.48. The number of amides is 1. The van der Waals surface area contributed by atoms with Crippen LogP contribution < -0.4 is 10.0 Å². The largest absolute Gasteiger partial charge is 0.383 e. The van der Waals surface area contributed by atoms with Gasteiger partial charge in [-0.05, 0) is 36.8 Å². The van der Waals surface area contributed by atoms with Crippen molar-refractivity contribution in [3.8, 4) is 0 Å². The molecule has 1 amide bonds. The second kappa shape index (κ2) is 8.73. The zero-order chi connectivity index (χ0) is 19.3. The Morgan fingerprint density at radius 1 is 1.15 bits per heavy atom. The average Bonchev–Trinajstić information content (AvgIpc) is 2.58. The van der Waals surface area contributed by atoms with Gasteiger partial charge in [-0.15, -0.1) is 0 Å². The second-order valence-corrected chi connectivity index (χ2v) is 7.92. The van der Waals surface area contributed by atoms with Gasteiger partial charge in [-0.2, -0.15) is 0 Å². The molecule has 0 saturated carbocycles. The van der Waals surface area contributed by atoms with Crippen LogP contribution in [0.5, 0.6) is 0 Å². The zero-order valence-corrected chi connectivity index (χ0v) is 16.5. The summed E-state index contributed by atoms with van der Waals surface area (Å²) in [5, 5.41) is 3.01. The summed E-state index contributed by atoms with van der Waals surface area (Å²) in [5.74, 6) is -0.382. The minimum Gasteiger partial charge on any atom is -0.383 e. The quantitative estimate of drug-likeness (QED) is 0.676. The first-order valence-corrected chi connectivity index (χ1v) is 9.85. The fourth-order valence-corrected chi connectivity index (χ4v) is 3.89. The highest BCUT2D eigenvalue weighted by atomic mass is 35.5. The normalized spacial score (nSPS) is 11.2. The Morgan fingerprint density at radius 2 is 1.81 bits per heavy atom. The van der Waals surface area contributed by atoms with E-state index in [0.29, 0.717) is 18.7 Å². The van der Waals surface area contributed by atoms with Crippen molar-refractivity contribution in [2.45, 2.75) is 11.8 Å². The Kier molecular flexibility index (Phi) is 6.88. The molecule has 26 heavy (non-hydrogen) atoms. The van der Waals surface area contributed by atoms with Gasteiger partial charge in [0.2, 0.25) is 0 Å². The first-order valence-electron chi connectivity index (χ1n) is 7.61. The van der Waals surface area contributed by atoms with E-state index in [4.69, 9.17) is 27.9 Å². The molecule has 0 fully saturated rings. The van der Waals surface area contributed by atoms with Crippen LogP contribution in [0.3, 0.4) is 0 Å². The predicted molar refractivity (Wildman–Crippen MR) is 103 cm³/mol. The van der Waals surface area contributed by atoms with E-state index in [2.05, 4.69) is 10.0 Å². The summed E-state index contributed by atoms with van der Waals surface area (Å²) < 4.78 is 32.6. The Labute approximate surface area is 162 Å². The van der Waals surface area contributed by atoms with Crippen molar-refractivity contribution < 1.29 is 17.9 Å². The lowest BCUT2D eigenvalue weighted by molar-refractivity contribution is 0.0936. The number of hydrogen-bond donors (Lipinski definition) is 2. The molecule has 0 unspecified atom stereocenters. The summed E-state index contributed by atoms with van der Waals surface area (Å²) in [6.45, 7) is 2.40. The number of para-hydroxylation sites is 1. The number of nitrogens with one attached hydrogen (secondary N) is 2. The molecule has 2 aromatic carbocycles. The molecule has 0 aliphatic heterocycles. The molecule has 9 heteroatoms. The van der Waals surface area contributed by atoms with Crippen molar-refractivity contribution in [3.63, 3.8) is 0 Å². The third-order valence-corrected chi connectivity index (χ3v) is 5.53. The van der Waals surface area contributed by atoms with E-state index in [1.54, 1.807) is 19.1 Å². The van der Waals surface area contributed by atoms with Crippen LogP contribution in [-0.4, -0.2) is 34.6 Å². The van der Waals surface area contributed by atoms with Gasteiger partial charge in [-0.3, -0.25) is 9.52 Å². The van der Waals surface area contributed by atoms with E-state index in [-0.39, 0.29) is 32.1 Å². The zero-order valence-electron chi connectivity index (χ0n) is 14.2. The summed E-state index contributed by atoms with van der Waals surface area (Å²) in [7, 11) is -2.46. The van der Waals surface area contributed by atoms with Crippen molar-refractivity contribution >= 4 is 44.8 Å². The van der Waals surface area contributed by atoms with Crippen LogP contribution in [0.2, 0.25) is 10.0 Å². The Hall–Kier alpha value is -1.80. The highest BCUT2D eigenvalue weighted by molar-refractivity contribution is 7.92. The summed E-state index contributed by atoms with van der Waals surface area (Å²) in [4.78, 5) is 12.2. The lowest BCUT2D eigenvalue weighted by Crippen LogP contribution is -2.28. The topological polar surface area (TPSA) is 84.5 Å². The highest BCUT2D eigenvalue weighted by Crippen LogP contribution is 2.32. The monoisotopic (exact) mass is 416 g/mol. The molecule has 0 aliphatic carbocycles. The van der Waals surface area contributed by atoms with Crippen molar-refractivity contribution in [1.82, 2.24) is 5.32 Å². The molecule has 0 heterocycles. The van der Waals surface area contributed by atoms with Crippen molar-refractivity contribution in [1.29, 1.82) is 0 Å². The summed E-state index contributed by atoms with van der Waals surface area (Å²) in [6.07, 6.45) is 0. The molecule has 2 aromatic rings. The molecular formula is C17H18Cl2N2O4S. The van der Waals surface area contributed by atoms with Gasteiger partial charge >= 0.3 is 0 Å². The van der Waals surface area contributed by atoms with Gasteiger partial charge in [0.1, 0.15) is 0 Å². The van der Waals surface area contributed by atoms with E-state index in [0.717, 1.165) is 0 Å². The summed E-state index contributed by atoms with van der Waals surface area (Å²) >= 11 is 12.0. The maximum absolute atomic E-state index is 12.7. The van der Waals surface area contributed by atoms with Gasteiger partial charge in [0, 0.05) is 19.2 Å². The Bertz CT molecular complexity index is 897. The Balaban J connectivity index is 2.32. The van der Waals surface area contributed by atoms with Crippen LogP contribution in [0.1, 0.15) is 15.9 Å². The van der Waals surface area contributed by atoms with Gasteiger partial charge in [0.25, 0.3) is 15.9 Å². The molecule has 2 rings (SSSR count). The minimum absolute atomic E-state index is 0.0732. The van der Waals surface area contributed by atoms with E-state index >= 15 is 0 Å². The molecule has 140 valence electrons. The third kappa shape index (κ3) is 4.88. The summed E-state index contributed by atoms with van der Waals surface area (Å²) in [6, 6.07) is 8.94. The number of benzene rings is 2. The number of rotatable bonds is 7. The number of halogens is 2. The molecule has 0 bridgehead atoms. The van der Waals surface area contributed by atoms with Gasteiger partial charge in [0.15, 0.2) is 0 Å².